The SMILES string of the molecule is COc1cc2c(cc1OCc1cc(COc3cc4c(cc3C)C(=O)N3c5ccccc5C[C@H]3CC4)cc(NC(=O)CCC(C)(C)SSCCC(C(=O)NCCN3C(=O)C=CC3=O)S(=O)(=O)O)c1)N=C[C@@H]1Cc3ccccc3N1C2=O. The molecule has 21 heteroatoms. The number of fused-ring (bicyclic) bond motifs is 8. The third-order valence-electron chi connectivity index (χ3n) is 14.8. The van der Waals surface area contributed by atoms with Gasteiger partial charge in [-0.15, -0.1) is 0 Å². The van der Waals surface area contributed by atoms with Gasteiger partial charge < -0.3 is 29.7 Å². The van der Waals surface area contributed by atoms with Crippen LogP contribution in [0.2, 0.25) is 0 Å². The molecule has 0 bridgehead atoms. The Hall–Kier alpha value is -7.46. The second-order valence-corrected chi connectivity index (χ2v) is 25.6. The molecule has 0 aromatic heterocycles. The summed E-state index contributed by atoms with van der Waals surface area (Å²) in [5.74, 6) is -0.993. The summed E-state index contributed by atoms with van der Waals surface area (Å²) in [6.07, 6.45) is 7.31. The number of ether oxygens (including phenoxy) is 3. The standard InChI is InChI=1S/C59H60N6O12S3/c1-35-23-44-38(13-14-42-27-39-9-5-7-11-47(39)64(42)57(44)70)29-49(35)76-33-36-24-37(34-77-51-31-46-45(30-50(51)75-4)58(71)65-43(32-61-46)28-40-10-6-8-12-48(40)65)26-41(25-36)62-53(66)17-19-59(2,3)79-78-22-18-52(80(72,73)74)56(69)60-20-21-63-54(67)15-16-55(63)68/h5-12,15-16,23-26,29-32,42-43,52H,13-14,17-22,27-28,33-34H2,1-4H3,(H,60,69)(H,62,66)(H,72,73,74)/t42-,43+,52?/m1/s1. The molecule has 6 amide bonds. The number of aryl methyl sites for hydroxylation is 2. The highest BCUT2D eigenvalue weighted by Crippen LogP contribution is 2.43. The van der Waals surface area contributed by atoms with Gasteiger partial charge in [-0.2, -0.15) is 8.42 Å². The number of methoxy groups -OCH3 is 1. The summed E-state index contributed by atoms with van der Waals surface area (Å²) < 4.78 is 52.6. The van der Waals surface area contributed by atoms with Crippen molar-refractivity contribution in [2.45, 2.75) is 101 Å². The minimum Gasteiger partial charge on any atom is -0.493 e. The van der Waals surface area contributed by atoms with Crippen molar-refractivity contribution in [3.63, 3.8) is 0 Å². The summed E-state index contributed by atoms with van der Waals surface area (Å²) >= 11 is 0. The van der Waals surface area contributed by atoms with E-state index in [0.29, 0.717) is 64.6 Å². The number of nitrogens with zero attached hydrogens (tertiary/aromatic N) is 4. The molecule has 80 heavy (non-hydrogen) atoms. The molecule has 5 aliphatic heterocycles. The minimum absolute atomic E-state index is 0.0119. The molecule has 0 fully saturated rings. The van der Waals surface area contributed by atoms with Crippen molar-refractivity contribution in [3.8, 4) is 17.2 Å². The van der Waals surface area contributed by atoms with E-state index in [-0.39, 0.29) is 74.7 Å². The first kappa shape index (κ1) is 55.8. The highest BCUT2D eigenvalue weighted by molar-refractivity contribution is 8.77. The molecule has 0 aliphatic carbocycles. The molecule has 5 aliphatic rings. The Kier molecular flexibility index (Phi) is 16.3. The molecule has 5 aromatic rings. The number of carbonyl (C=O) groups is 6. The summed E-state index contributed by atoms with van der Waals surface area (Å²) in [5, 5.41) is 3.69. The van der Waals surface area contributed by atoms with Gasteiger partial charge in [-0.25, -0.2) is 0 Å². The van der Waals surface area contributed by atoms with E-state index in [1.165, 1.54) is 34.3 Å². The highest BCUT2D eigenvalue weighted by atomic mass is 33.1. The van der Waals surface area contributed by atoms with Crippen LogP contribution in [-0.2, 0) is 61.8 Å². The fraction of sp³-hybridized carbons (Fsp3) is 0.339. The van der Waals surface area contributed by atoms with Crippen LogP contribution in [0.4, 0.5) is 22.7 Å². The van der Waals surface area contributed by atoms with E-state index < -0.39 is 37.8 Å². The van der Waals surface area contributed by atoms with Crippen LogP contribution in [0.15, 0.2) is 108 Å². The van der Waals surface area contributed by atoms with Crippen molar-refractivity contribution in [3.05, 3.63) is 148 Å². The molecule has 3 N–H and O–H groups in total. The first-order valence-electron chi connectivity index (χ1n) is 26.3. The first-order chi connectivity index (χ1) is 38.3. The molecule has 0 saturated carbocycles. The summed E-state index contributed by atoms with van der Waals surface area (Å²) in [4.78, 5) is 87.9. The van der Waals surface area contributed by atoms with Gasteiger partial charge in [0, 0.05) is 89.5 Å². The predicted octanol–water partition coefficient (Wildman–Crippen LogP) is 8.53. The normalized spacial score (nSPS) is 17.4. The zero-order valence-corrected chi connectivity index (χ0v) is 47.0. The molecule has 10 rings (SSSR count). The second-order valence-electron chi connectivity index (χ2n) is 20.9. The van der Waals surface area contributed by atoms with E-state index in [2.05, 4.69) is 16.7 Å². The van der Waals surface area contributed by atoms with Crippen molar-refractivity contribution < 1.29 is 55.9 Å². The molecule has 18 nitrogen and oxygen atoms in total. The number of aliphatic imine (C=N–C) groups is 1. The lowest BCUT2D eigenvalue weighted by atomic mass is 9.98. The Balaban J connectivity index is 0.812. The van der Waals surface area contributed by atoms with Crippen LogP contribution in [0.5, 0.6) is 17.2 Å². The zero-order valence-electron chi connectivity index (χ0n) is 44.6. The van der Waals surface area contributed by atoms with Crippen molar-refractivity contribution in [1.29, 1.82) is 0 Å². The zero-order chi connectivity index (χ0) is 56.5. The van der Waals surface area contributed by atoms with E-state index >= 15 is 0 Å². The third-order valence-corrected chi connectivity index (χ3v) is 19.4. The van der Waals surface area contributed by atoms with E-state index in [0.717, 1.165) is 63.5 Å². The van der Waals surface area contributed by atoms with Gasteiger partial charge in [-0.3, -0.25) is 48.1 Å². The Morgan fingerprint density at radius 1 is 0.812 bits per heavy atom. The summed E-state index contributed by atoms with van der Waals surface area (Å²) in [6, 6.07) is 28.6. The van der Waals surface area contributed by atoms with Crippen LogP contribution in [-0.4, -0.2) is 108 Å². The number of carbonyl (C=O) groups excluding carboxylic acids is 6. The number of hydrogen-bond donors (Lipinski definition) is 3. The highest BCUT2D eigenvalue weighted by Gasteiger charge is 2.39. The van der Waals surface area contributed by atoms with Crippen LogP contribution in [0.3, 0.4) is 0 Å². The van der Waals surface area contributed by atoms with Gasteiger partial charge in [0.25, 0.3) is 33.7 Å². The fourth-order valence-corrected chi connectivity index (χ4v) is 14.3. The number of hydrogen-bond acceptors (Lipinski definition) is 14. The van der Waals surface area contributed by atoms with Crippen molar-refractivity contribution in [1.82, 2.24) is 10.2 Å². The van der Waals surface area contributed by atoms with Crippen molar-refractivity contribution >= 4 is 96.1 Å². The van der Waals surface area contributed by atoms with E-state index in [1.807, 2.05) is 98.5 Å². The van der Waals surface area contributed by atoms with Crippen molar-refractivity contribution in [2.75, 3.05) is 41.1 Å². The number of amides is 6. The molecule has 0 saturated heterocycles. The maximum atomic E-state index is 14.1. The monoisotopic (exact) mass is 1140 g/mol. The van der Waals surface area contributed by atoms with Gasteiger partial charge in [0.15, 0.2) is 16.7 Å². The van der Waals surface area contributed by atoms with Gasteiger partial charge in [-0.05, 0) is 135 Å². The molecule has 416 valence electrons. The Labute approximate surface area is 471 Å². The van der Waals surface area contributed by atoms with E-state index in [9.17, 15) is 41.7 Å². The number of benzene rings is 5. The number of imide groups is 1. The Bertz CT molecular complexity index is 3490. The quantitative estimate of drug-likeness (QED) is 0.0271. The van der Waals surface area contributed by atoms with Crippen LogP contribution >= 0.6 is 21.6 Å². The molecule has 5 aromatic carbocycles. The summed E-state index contributed by atoms with van der Waals surface area (Å²) in [5.41, 5.74) is 9.22. The van der Waals surface area contributed by atoms with Crippen LogP contribution < -0.4 is 34.6 Å². The molecular formula is C59H60N6O12S3. The van der Waals surface area contributed by atoms with Crippen LogP contribution in [0.25, 0.3) is 0 Å². The lowest BCUT2D eigenvalue weighted by molar-refractivity contribution is -0.137. The predicted molar refractivity (Wildman–Crippen MR) is 308 cm³/mol. The van der Waals surface area contributed by atoms with Crippen LogP contribution in [0.1, 0.15) is 93.6 Å². The van der Waals surface area contributed by atoms with Gasteiger partial charge in [0.1, 0.15) is 19.0 Å². The number of para-hydroxylation sites is 2. The fourth-order valence-electron chi connectivity index (χ4n) is 10.7. The van der Waals surface area contributed by atoms with E-state index in [1.54, 1.807) is 23.2 Å². The van der Waals surface area contributed by atoms with Crippen LogP contribution in [0, 0.1) is 6.92 Å². The Morgan fingerprint density at radius 3 is 2.17 bits per heavy atom. The molecule has 1 unspecified atom stereocenters. The Morgan fingerprint density at radius 2 is 1.48 bits per heavy atom. The first-order valence-corrected chi connectivity index (χ1v) is 30.2. The molecule has 3 atom stereocenters. The minimum atomic E-state index is -4.78. The molecule has 0 spiro atoms. The summed E-state index contributed by atoms with van der Waals surface area (Å²) in [6.45, 7) is 5.61. The van der Waals surface area contributed by atoms with Gasteiger partial charge >= 0.3 is 0 Å². The van der Waals surface area contributed by atoms with Crippen molar-refractivity contribution in [2.24, 2.45) is 4.99 Å². The lowest BCUT2D eigenvalue weighted by Gasteiger charge is -2.23. The smallest absolute Gasteiger partial charge is 0.276 e. The largest absolute Gasteiger partial charge is 0.493 e. The second kappa shape index (κ2) is 23.3. The number of rotatable bonds is 21. The summed E-state index contributed by atoms with van der Waals surface area (Å²) in [7, 11) is -0.561. The molecule has 0 radical (unpaired) electrons. The topological polar surface area (TPSA) is 231 Å². The third kappa shape index (κ3) is 12.2. The van der Waals surface area contributed by atoms with Gasteiger partial charge in [-0.1, -0.05) is 58.0 Å². The number of anilines is 3. The average molecular weight is 1140 g/mol. The van der Waals surface area contributed by atoms with Gasteiger partial charge in [0.05, 0.1) is 24.4 Å². The maximum absolute atomic E-state index is 14.1. The average Bonchev–Trinajstić information content (AvgIpc) is 4.05. The molecule has 5 heterocycles. The lowest BCUT2D eigenvalue weighted by Crippen LogP contribution is -2.44. The number of nitrogens with one attached hydrogen (secondary N) is 2. The maximum Gasteiger partial charge on any atom is 0.276 e. The molecular weight excluding hydrogens is 1080 g/mol. The van der Waals surface area contributed by atoms with E-state index in [4.69, 9.17) is 19.2 Å². The van der Waals surface area contributed by atoms with Gasteiger partial charge in [0.2, 0.25) is 11.8 Å².